The highest BCUT2D eigenvalue weighted by atomic mass is 16.4. The third kappa shape index (κ3) is 1.78. The number of nitrogens with zero attached hydrogens (tertiary/aromatic N) is 1. The Hall–Kier alpha value is -0.570. The summed E-state index contributed by atoms with van der Waals surface area (Å²) in [6.07, 6.45) is 8.77. The summed E-state index contributed by atoms with van der Waals surface area (Å²) >= 11 is 0. The second kappa shape index (κ2) is 3.89. The molecule has 1 N–H and O–H groups in total. The Bertz CT molecular complexity index is 221. The molecule has 0 amide bonds. The van der Waals surface area contributed by atoms with E-state index in [2.05, 4.69) is 4.90 Å². The summed E-state index contributed by atoms with van der Waals surface area (Å²) in [7, 11) is 0. The van der Waals surface area contributed by atoms with Crippen LogP contribution in [0.2, 0.25) is 0 Å². The van der Waals surface area contributed by atoms with Crippen molar-refractivity contribution >= 4 is 5.97 Å². The zero-order valence-corrected chi connectivity index (χ0v) is 8.67. The Morgan fingerprint density at radius 3 is 2.43 bits per heavy atom. The second-order valence-corrected chi connectivity index (χ2v) is 4.70. The van der Waals surface area contributed by atoms with E-state index >= 15 is 0 Å². The van der Waals surface area contributed by atoms with Gasteiger partial charge >= 0.3 is 5.97 Å². The van der Waals surface area contributed by atoms with Crippen LogP contribution in [-0.2, 0) is 4.79 Å². The molecule has 0 aromatic carbocycles. The molecule has 2 aliphatic rings. The number of aliphatic carboxylic acids is 1. The van der Waals surface area contributed by atoms with Gasteiger partial charge in [-0.2, -0.15) is 0 Å². The van der Waals surface area contributed by atoms with E-state index in [1.807, 2.05) is 0 Å². The van der Waals surface area contributed by atoms with Crippen LogP contribution in [0.4, 0.5) is 0 Å². The molecule has 80 valence electrons. The highest BCUT2D eigenvalue weighted by Gasteiger charge is 2.41. The average molecular weight is 197 g/mol. The smallest absolute Gasteiger partial charge is 0.317 e. The van der Waals surface area contributed by atoms with Crippen LogP contribution in [0.1, 0.15) is 44.9 Å². The summed E-state index contributed by atoms with van der Waals surface area (Å²) < 4.78 is 0. The Labute approximate surface area is 85.1 Å². The molecule has 1 saturated carbocycles. The number of carboxylic acid groups (broad SMARTS) is 1. The third-order valence-electron chi connectivity index (χ3n) is 3.85. The number of carboxylic acids is 1. The SMILES string of the molecule is O=C(O)CN1CCCC12CCCCC2. The molecule has 0 atom stereocenters. The van der Waals surface area contributed by atoms with Gasteiger partial charge < -0.3 is 5.11 Å². The van der Waals surface area contributed by atoms with Crippen LogP contribution >= 0.6 is 0 Å². The van der Waals surface area contributed by atoms with E-state index in [-0.39, 0.29) is 12.1 Å². The van der Waals surface area contributed by atoms with Crippen molar-refractivity contribution in [2.45, 2.75) is 50.5 Å². The Morgan fingerprint density at radius 2 is 1.79 bits per heavy atom. The van der Waals surface area contributed by atoms with Crippen molar-refractivity contribution in [2.24, 2.45) is 0 Å². The molecule has 1 saturated heterocycles. The van der Waals surface area contributed by atoms with Gasteiger partial charge in [0, 0.05) is 5.54 Å². The molecule has 0 bridgehead atoms. The van der Waals surface area contributed by atoms with Gasteiger partial charge in [-0.1, -0.05) is 19.3 Å². The van der Waals surface area contributed by atoms with Crippen molar-refractivity contribution in [2.75, 3.05) is 13.1 Å². The average Bonchev–Trinajstić information content (AvgIpc) is 2.50. The maximum absolute atomic E-state index is 10.7. The van der Waals surface area contributed by atoms with Crippen molar-refractivity contribution in [3.63, 3.8) is 0 Å². The van der Waals surface area contributed by atoms with Gasteiger partial charge in [-0.15, -0.1) is 0 Å². The number of rotatable bonds is 2. The topological polar surface area (TPSA) is 40.5 Å². The first-order valence-corrected chi connectivity index (χ1v) is 5.70. The normalized spacial score (nSPS) is 26.9. The van der Waals surface area contributed by atoms with E-state index in [1.54, 1.807) is 0 Å². The number of hydrogen-bond acceptors (Lipinski definition) is 2. The Balaban J connectivity index is 2.03. The summed E-state index contributed by atoms with van der Waals surface area (Å²) in [6.45, 7) is 1.24. The first-order valence-electron chi connectivity index (χ1n) is 5.70. The molecule has 2 fully saturated rings. The highest BCUT2D eigenvalue weighted by Crippen LogP contribution is 2.41. The molecule has 1 aliphatic heterocycles. The molecule has 0 aromatic heterocycles. The maximum Gasteiger partial charge on any atom is 0.317 e. The summed E-state index contributed by atoms with van der Waals surface area (Å²) in [6, 6.07) is 0. The molecular weight excluding hydrogens is 178 g/mol. The molecule has 3 nitrogen and oxygen atoms in total. The molecule has 1 heterocycles. The largest absolute Gasteiger partial charge is 0.480 e. The minimum absolute atomic E-state index is 0.250. The lowest BCUT2D eigenvalue weighted by atomic mass is 9.80. The van der Waals surface area contributed by atoms with Gasteiger partial charge in [0.05, 0.1) is 6.54 Å². The van der Waals surface area contributed by atoms with Crippen LogP contribution in [0.15, 0.2) is 0 Å². The molecule has 0 aromatic rings. The summed E-state index contributed by atoms with van der Waals surface area (Å²) in [5.74, 6) is -0.670. The molecule has 14 heavy (non-hydrogen) atoms. The summed E-state index contributed by atoms with van der Waals surface area (Å²) in [5, 5.41) is 8.85. The van der Waals surface area contributed by atoms with Gasteiger partial charge in [0.1, 0.15) is 0 Å². The number of hydrogen-bond donors (Lipinski definition) is 1. The van der Waals surface area contributed by atoms with E-state index in [4.69, 9.17) is 5.11 Å². The van der Waals surface area contributed by atoms with Crippen molar-refractivity contribution in [1.29, 1.82) is 0 Å². The standard InChI is InChI=1S/C11H19NO2/c13-10(14)9-12-8-4-7-11(12)5-2-1-3-6-11/h1-9H2,(H,13,14). The van der Waals surface area contributed by atoms with Gasteiger partial charge in [0.15, 0.2) is 0 Å². The second-order valence-electron chi connectivity index (χ2n) is 4.70. The fourth-order valence-electron chi connectivity index (χ4n) is 3.18. The van der Waals surface area contributed by atoms with E-state index in [1.165, 1.54) is 44.9 Å². The predicted molar refractivity (Wildman–Crippen MR) is 54.3 cm³/mol. The fraction of sp³-hybridized carbons (Fsp3) is 0.909. The van der Waals surface area contributed by atoms with Gasteiger partial charge in [-0.3, -0.25) is 9.69 Å². The Kier molecular flexibility index (Phi) is 2.77. The molecule has 3 heteroatoms. The zero-order chi connectivity index (χ0) is 10.0. The number of carbonyl (C=O) groups is 1. The first kappa shape index (κ1) is 9.97. The first-order chi connectivity index (χ1) is 6.73. The van der Waals surface area contributed by atoms with Crippen LogP contribution in [-0.4, -0.2) is 34.6 Å². The van der Waals surface area contributed by atoms with E-state index in [0.717, 1.165) is 6.54 Å². The van der Waals surface area contributed by atoms with Crippen LogP contribution in [0.5, 0.6) is 0 Å². The molecule has 2 rings (SSSR count). The number of likely N-dealkylation sites (tertiary alicyclic amines) is 1. The Morgan fingerprint density at radius 1 is 1.14 bits per heavy atom. The lowest BCUT2D eigenvalue weighted by molar-refractivity contribution is -0.139. The van der Waals surface area contributed by atoms with E-state index in [9.17, 15) is 4.79 Å². The third-order valence-corrected chi connectivity index (χ3v) is 3.85. The van der Waals surface area contributed by atoms with Crippen molar-refractivity contribution in [3.8, 4) is 0 Å². The maximum atomic E-state index is 10.7. The summed E-state index contributed by atoms with van der Waals surface area (Å²) in [4.78, 5) is 13.0. The van der Waals surface area contributed by atoms with Crippen LogP contribution < -0.4 is 0 Å². The predicted octanol–water partition coefficient (Wildman–Crippen LogP) is 1.87. The van der Waals surface area contributed by atoms with Crippen LogP contribution in [0.3, 0.4) is 0 Å². The fourth-order valence-corrected chi connectivity index (χ4v) is 3.18. The van der Waals surface area contributed by atoms with Crippen molar-refractivity contribution in [3.05, 3.63) is 0 Å². The molecule has 1 aliphatic carbocycles. The highest BCUT2D eigenvalue weighted by molar-refractivity contribution is 5.69. The molecule has 0 radical (unpaired) electrons. The van der Waals surface area contributed by atoms with E-state index in [0.29, 0.717) is 0 Å². The van der Waals surface area contributed by atoms with Gasteiger partial charge in [-0.25, -0.2) is 0 Å². The lowest BCUT2D eigenvalue weighted by Gasteiger charge is -2.41. The van der Waals surface area contributed by atoms with E-state index < -0.39 is 5.97 Å². The zero-order valence-electron chi connectivity index (χ0n) is 8.67. The minimum atomic E-state index is -0.670. The molecule has 0 unspecified atom stereocenters. The molecular formula is C11H19NO2. The lowest BCUT2D eigenvalue weighted by Crippen LogP contribution is -2.47. The van der Waals surface area contributed by atoms with Crippen LogP contribution in [0, 0.1) is 0 Å². The minimum Gasteiger partial charge on any atom is -0.480 e. The van der Waals surface area contributed by atoms with Gasteiger partial charge in [0.2, 0.25) is 0 Å². The van der Waals surface area contributed by atoms with Gasteiger partial charge in [-0.05, 0) is 32.2 Å². The summed E-state index contributed by atoms with van der Waals surface area (Å²) in [5.41, 5.74) is 0.274. The van der Waals surface area contributed by atoms with Crippen molar-refractivity contribution < 1.29 is 9.90 Å². The molecule has 1 spiro atoms. The van der Waals surface area contributed by atoms with Crippen molar-refractivity contribution in [1.82, 2.24) is 4.90 Å². The van der Waals surface area contributed by atoms with Crippen LogP contribution in [0.25, 0.3) is 0 Å². The monoisotopic (exact) mass is 197 g/mol. The quantitative estimate of drug-likeness (QED) is 0.734. The van der Waals surface area contributed by atoms with Gasteiger partial charge in [0.25, 0.3) is 0 Å².